The third-order valence-electron chi connectivity index (χ3n) is 2.40. The molecule has 17 heavy (non-hydrogen) atoms. The van der Waals surface area contributed by atoms with E-state index in [9.17, 15) is 8.42 Å². The van der Waals surface area contributed by atoms with Crippen LogP contribution in [0.5, 0.6) is 5.75 Å². The number of ether oxygens (including phenoxy) is 1. The Morgan fingerprint density at radius 1 is 1.06 bits per heavy atom. The number of sulfonamides is 1. The molecule has 0 unspecified atom stereocenters. The van der Waals surface area contributed by atoms with Gasteiger partial charge < -0.3 is 4.74 Å². The lowest BCUT2D eigenvalue weighted by Gasteiger charge is -2.11. The van der Waals surface area contributed by atoms with Crippen molar-refractivity contribution in [3.63, 3.8) is 0 Å². The Hall–Kier alpha value is -1.75. The van der Waals surface area contributed by atoms with Crippen molar-refractivity contribution in [1.82, 2.24) is 0 Å². The topological polar surface area (TPSA) is 55.4 Å². The van der Waals surface area contributed by atoms with Crippen molar-refractivity contribution in [2.24, 2.45) is 0 Å². The minimum atomic E-state index is -3.28. The molecule has 0 heterocycles. The molecule has 0 saturated heterocycles. The zero-order valence-electron chi connectivity index (χ0n) is 9.60. The van der Waals surface area contributed by atoms with Crippen LogP contribution < -0.4 is 9.46 Å². The van der Waals surface area contributed by atoms with Crippen molar-refractivity contribution in [2.75, 3.05) is 18.1 Å². The van der Waals surface area contributed by atoms with Crippen LogP contribution in [0.25, 0.3) is 10.8 Å². The van der Waals surface area contributed by atoms with Gasteiger partial charge in [0.15, 0.2) is 0 Å². The average Bonchev–Trinajstić information content (AvgIpc) is 2.28. The largest absolute Gasteiger partial charge is 0.496 e. The van der Waals surface area contributed by atoms with Gasteiger partial charge in [-0.3, -0.25) is 4.72 Å². The Morgan fingerprint density at radius 3 is 2.29 bits per heavy atom. The van der Waals surface area contributed by atoms with Gasteiger partial charge in [0.05, 0.1) is 19.1 Å². The van der Waals surface area contributed by atoms with Crippen molar-refractivity contribution in [1.29, 1.82) is 0 Å². The van der Waals surface area contributed by atoms with Crippen LogP contribution in [0.4, 0.5) is 5.69 Å². The van der Waals surface area contributed by atoms with Crippen molar-refractivity contribution >= 4 is 26.5 Å². The fourth-order valence-electron chi connectivity index (χ4n) is 1.74. The fourth-order valence-corrected chi connectivity index (χ4v) is 2.32. The first-order valence-corrected chi connectivity index (χ1v) is 6.94. The molecule has 0 aliphatic heterocycles. The Balaban J connectivity index is 2.67. The zero-order chi connectivity index (χ0) is 12.5. The SMILES string of the molecule is COc1ccc(NS(C)(=O)=O)c2ccccc12. The molecule has 90 valence electrons. The lowest BCUT2D eigenvalue weighted by atomic mass is 10.1. The summed E-state index contributed by atoms with van der Waals surface area (Å²) in [7, 11) is -1.69. The molecule has 2 aromatic carbocycles. The molecule has 0 bridgehead atoms. The monoisotopic (exact) mass is 251 g/mol. The van der Waals surface area contributed by atoms with E-state index in [1.54, 1.807) is 19.2 Å². The number of fused-ring (bicyclic) bond motifs is 1. The molecule has 0 aromatic heterocycles. The Morgan fingerprint density at radius 2 is 1.71 bits per heavy atom. The molecule has 5 heteroatoms. The highest BCUT2D eigenvalue weighted by Gasteiger charge is 2.08. The summed E-state index contributed by atoms with van der Waals surface area (Å²) in [6, 6.07) is 10.9. The average molecular weight is 251 g/mol. The zero-order valence-corrected chi connectivity index (χ0v) is 10.4. The molecule has 0 aliphatic carbocycles. The second kappa shape index (κ2) is 4.25. The maximum absolute atomic E-state index is 11.3. The van der Waals surface area contributed by atoms with Gasteiger partial charge in [-0.2, -0.15) is 0 Å². The number of benzene rings is 2. The number of anilines is 1. The van der Waals surface area contributed by atoms with Crippen LogP contribution in [0.15, 0.2) is 36.4 Å². The van der Waals surface area contributed by atoms with Crippen LogP contribution in [0, 0.1) is 0 Å². The van der Waals surface area contributed by atoms with Crippen LogP contribution >= 0.6 is 0 Å². The first-order valence-electron chi connectivity index (χ1n) is 5.05. The van der Waals surface area contributed by atoms with E-state index in [2.05, 4.69) is 4.72 Å². The van der Waals surface area contributed by atoms with Crippen molar-refractivity contribution < 1.29 is 13.2 Å². The summed E-state index contributed by atoms with van der Waals surface area (Å²) in [5.74, 6) is 0.722. The first-order chi connectivity index (χ1) is 8.01. The van der Waals surface area contributed by atoms with E-state index in [0.29, 0.717) is 5.69 Å². The summed E-state index contributed by atoms with van der Waals surface area (Å²) in [4.78, 5) is 0. The summed E-state index contributed by atoms with van der Waals surface area (Å²) in [6.45, 7) is 0. The number of hydrogen-bond donors (Lipinski definition) is 1. The molecule has 2 rings (SSSR count). The maximum Gasteiger partial charge on any atom is 0.229 e. The lowest BCUT2D eigenvalue weighted by Crippen LogP contribution is -2.09. The molecule has 0 spiro atoms. The van der Waals surface area contributed by atoms with Gasteiger partial charge in [0.2, 0.25) is 10.0 Å². The fraction of sp³-hybridized carbons (Fsp3) is 0.167. The summed E-state index contributed by atoms with van der Waals surface area (Å²) in [6.07, 6.45) is 1.13. The van der Waals surface area contributed by atoms with E-state index in [1.165, 1.54) is 0 Å². The molecule has 2 aromatic rings. The minimum absolute atomic E-state index is 0.559. The molecule has 0 radical (unpaired) electrons. The lowest BCUT2D eigenvalue weighted by molar-refractivity contribution is 0.420. The number of methoxy groups -OCH3 is 1. The first kappa shape index (κ1) is 11.7. The molecule has 0 aliphatic rings. The highest BCUT2D eigenvalue weighted by Crippen LogP contribution is 2.31. The Bertz CT molecular complexity index is 650. The van der Waals surface area contributed by atoms with E-state index in [1.807, 2.05) is 24.3 Å². The maximum atomic E-state index is 11.3. The molecule has 1 N–H and O–H groups in total. The van der Waals surface area contributed by atoms with Gasteiger partial charge in [0.25, 0.3) is 0 Å². The number of nitrogens with one attached hydrogen (secondary N) is 1. The van der Waals surface area contributed by atoms with Gasteiger partial charge in [0.1, 0.15) is 5.75 Å². The minimum Gasteiger partial charge on any atom is -0.496 e. The normalized spacial score (nSPS) is 11.4. The Kier molecular flexibility index (Phi) is 2.93. The molecule has 0 fully saturated rings. The van der Waals surface area contributed by atoms with Gasteiger partial charge in [-0.15, -0.1) is 0 Å². The van der Waals surface area contributed by atoms with E-state index in [0.717, 1.165) is 22.8 Å². The van der Waals surface area contributed by atoms with E-state index < -0.39 is 10.0 Å². The predicted molar refractivity (Wildman–Crippen MR) is 69.0 cm³/mol. The van der Waals surface area contributed by atoms with E-state index in [4.69, 9.17) is 4.74 Å². The van der Waals surface area contributed by atoms with E-state index in [-0.39, 0.29) is 0 Å². The number of rotatable bonds is 3. The van der Waals surface area contributed by atoms with Gasteiger partial charge in [0, 0.05) is 10.8 Å². The second-order valence-corrected chi connectivity index (χ2v) is 5.48. The van der Waals surface area contributed by atoms with Gasteiger partial charge in [-0.05, 0) is 12.1 Å². The third-order valence-corrected chi connectivity index (χ3v) is 2.99. The predicted octanol–water partition coefficient (Wildman–Crippen LogP) is 2.22. The molecule has 0 saturated carbocycles. The highest BCUT2D eigenvalue weighted by atomic mass is 32.2. The molecular formula is C12H13NO3S. The van der Waals surface area contributed by atoms with Crippen LogP contribution in [0.1, 0.15) is 0 Å². The molecule has 0 amide bonds. The van der Waals surface area contributed by atoms with Crippen LogP contribution in [0.3, 0.4) is 0 Å². The summed E-state index contributed by atoms with van der Waals surface area (Å²) in [5, 5.41) is 1.70. The van der Waals surface area contributed by atoms with Crippen molar-refractivity contribution in [3.05, 3.63) is 36.4 Å². The standard InChI is InChI=1S/C12H13NO3S/c1-16-12-8-7-11(13-17(2,14)15)9-5-3-4-6-10(9)12/h3-8,13H,1-2H3. The molecule has 4 nitrogen and oxygen atoms in total. The van der Waals surface area contributed by atoms with Gasteiger partial charge in [-0.1, -0.05) is 24.3 Å². The van der Waals surface area contributed by atoms with Gasteiger partial charge in [-0.25, -0.2) is 8.42 Å². The van der Waals surface area contributed by atoms with Crippen LogP contribution in [0.2, 0.25) is 0 Å². The second-order valence-electron chi connectivity index (χ2n) is 3.74. The summed E-state index contributed by atoms with van der Waals surface area (Å²) < 4.78 is 30.2. The van der Waals surface area contributed by atoms with Gasteiger partial charge >= 0.3 is 0 Å². The quantitative estimate of drug-likeness (QED) is 0.910. The summed E-state index contributed by atoms with van der Waals surface area (Å²) >= 11 is 0. The molecular weight excluding hydrogens is 238 g/mol. The van der Waals surface area contributed by atoms with Crippen molar-refractivity contribution in [3.8, 4) is 5.75 Å². The van der Waals surface area contributed by atoms with Crippen LogP contribution in [-0.2, 0) is 10.0 Å². The smallest absolute Gasteiger partial charge is 0.229 e. The van der Waals surface area contributed by atoms with Crippen LogP contribution in [-0.4, -0.2) is 21.8 Å². The number of hydrogen-bond acceptors (Lipinski definition) is 3. The highest BCUT2D eigenvalue weighted by molar-refractivity contribution is 7.92. The molecule has 0 atom stereocenters. The third kappa shape index (κ3) is 2.50. The summed E-state index contributed by atoms with van der Waals surface area (Å²) in [5.41, 5.74) is 0.559. The Labute approximate surface area is 100 Å². The van der Waals surface area contributed by atoms with E-state index >= 15 is 0 Å². The van der Waals surface area contributed by atoms with Crippen molar-refractivity contribution in [2.45, 2.75) is 0 Å².